The molecule has 0 amide bonds. The molecule has 0 aliphatic carbocycles. The molecule has 0 unspecified atom stereocenters. The van der Waals surface area contributed by atoms with E-state index in [0.29, 0.717) is 21.9 Å². The fourth-order valence-electron chi connectivity index (χ4n) is 2.24. The molecule has 0 atom stereocenters. The minimum Gasteiger partial charge on any atom is -0.493 e. The van der Waals surface area contributed by atoms with Crippen molar-refractivity contribution in [1.82, 2.24) is 19.3 Å². The fraction of sp³-hybridized carbons (Fsp3) is 0.250. The largest absolute Gasteiger partial charge is 0.493 e. The van der Waals surface area contributed by atoms with Crippen molar-refractivity contribution in [3.8, 4) is 5.88 Å². The van der Waals surface area contributed by atoms with E-state index in [1.165, 1.54) is 17.7 Å². The molecule has 0 bridgehead atoms. The van der Waals surface area contributed by atoms with E-state index >= 15 is 0 Å². The van der Waals surface area contributed by atoms with Crippen LogP contribution in [0.2, 0.25) is 0 Å². The first-order valence-electron chi connectivity index (χ1n) is 7.55. The molecule has 1 aromatic carbocycles. The van der Waals surface area contributed by atoms with Crippen LogP contribution >= 0.6 is 23.6 Å². The van der Waals surface area contributed by atoms with E-state index in [1.54, 1.807) is 21.8 Å². The van der Waals surface area contributed by atoms with Crippen LogP contribution in [-0.2, 0) is 13.1 Å². The zero-order chi connectivity index (χ0) is 16.9. The molecule has 6 nitrogen and oxygen atoms in total. The van der Waals surface area contributed by atoms with Crippen molar-refractivity contribution >= 4 is 35.5 Å². The van der Waals surface area contributed by atoms with Gasteiger partial charge in [0.05, 0.1) is 18.4 Å². The summed E-state index contributed by atoms with van der Waals surface area (Å²) in [5.74, 6) is 0.193. The molecule has 0 aliphatic heterocycles. The quantitative estimate of drug-likeness (QED) is 0.537. The van der Waals surface area contributed by atoms with Crippen LogP contribution in [0.4, 0.5) is 5.69 Å². The Bertz CT molecular complexity index is 878. The first kappa shape index (κ1) is 16.5. The van der Waals surface area contributed by atoms with Crippen LogP contribution in [0.25, 0.3) is 0 Å². The maximum atomic E-state index is 10.2. The van der Waals surface area contributed by atoms with Gasteiger partial charge in [-0.2, -0.15) is 5.10 Å². The number of aromatic nitrogens is 4. The fourth-order valence-corrected chi connectivity index (χ4v) is 3.47. The van der Waals surface area contributed by atoms with E-state index in [2.05, 4.69) is 15.1 Å². The highest BCUT2D eigenvalue weighted by atomic mass is 32.1. The lowest BCUT2D eigenvalue weighted by atomic mass is 10.2. The van der Waals surface area contributed by atoms with Crippen molar-refractivity contribution in [3.63, 3.8) is 0 Å². The molecular weight excluding hydrogens is 342 g/mol. The van der Waals surface area contributed by atoms with Gasteiger partial charge >= 0.3 is 0 Å². The molecular formula is C16H17N5OS2. The summed E-state index contributed by atoms with van der Waals surface area (Å²) < 4.78 is 4.17. The van der Waals surface area contributed by atoms with E-state index in [0.717, 1.165) is 17.7 Å². The number of thiazole rings is 1. The van der Waals surface area contributed by atoms with Crippen LogP contribution in [0, 0.1) is 3.95 Å². The van der Waals surface area contributed by atoms with Gasteiger partial charge in [0.1, 0.15) is 17.5 Å². The van der Waals surface area contributed by atoms with E-state index in [-0.39, 0.29) is 5.88 Å². The number of nitrogens with zero attached hydrogens (tertiary/aromatic N) is 5. The normalized spacial score (nSPS) is 11.4. The molecule has 0 saturated carbocycles. The Morgan fingerprint density at radius 3 is 2.79 bits per heavy atom. The van der Waals surface area contributed by atoms with Crippen molar-refractivity contribution in [2.75, 3.05) is 0 Å². The number of hydrogen-bond donors (Lipinski definition) is 1. The predicted octanol–water partition coefficient (Wildman–Crippen LogP) is 3.79. The molecule has 1 N–H and O–H groups in total. The summed E-state index contributed by atoms with van der Waals surface area (Å²) in [4.78, 5) is 9.03. The maximum Gasteiger partial charge on any atom is 0.212 e. The van der Waals surface area contributed by atoms with Crippen molar-refractivity contribution in [2.24, 2.45) is 4.99 Å². The predicted molar refractivity (Wildman–Crippen MR) is 97.9 cm³/mol. The van der Waals surface area contributed by atoms with Crippen LogP contribution in [0.1, 0.15) is 23.8 Å². The lowest BCUT2D eigenvalue weighted by Crippen LogP contribution is -1.99. The zero-order valence-corrected chi connectivity index (χ0v) is 14.8. The second-order valence-electron chi connectivity index (χ2n) is 5.23. The van der Waals surface area contributed by atoms with Crippen LogP contribution < -0.4 is 0 Å². The van der Waals surface area contributed by atoms with Gasteiger partial charge < -0.3 is 5.11 Å². The van der Waals surface area contributed by atoms with Crippen LogP contribution in [0.15, 0.2) is 41.9 Å². The molecule has 2 heterocycles. The number of rotatable bonds is 6. The number of hydrogen-bond acceptors (Lipinski definition) is 6. The first-order valence-corrected chi connectivity index (χ1v) is 8.78. The number of benzene rings is 1. The highest BCUT2D eigenvalue weighted by molar-refractivity contribution is 7.73. The SMILES string of the molecule is CCCn1c(O)c(C=Nc2ccc(Cn3cncn3)cc2)sc1=S. The summed E-state index contributed by atoms with van der Waals surface area (Å²) in [6.45, 7) is 3.44. The molecule has 3 aromatic rings. The minimum atomic E-state index is 0.193. The monoisotopic (exact) mass is 359 g/mol. The van der Waals surface area contributed by atoms with Crippen LogP contribution in [-0.4, -0.2) is 30.7 Å². The Hall–Kier alpha value is -2.32. The number of aliphatic imine (C=N–C) groups is 1. The molecule has 24 heavy (non-hydrogen) atoms. The van der Waals surface area contributed by atoms with Gasteiger partial charge in [-0.25, -0.2) is 9.67 Å². The van der Waals surface area contributed by atoms with Gasteiger partial charge in [-0.3, -0.25) is 9.56 Å². The summed E-state index contributed by atoms with van der Waals surface area (Å²) in [7, 11) is 0. The third-order valence-corrected chi connectivity index (χ3v) is 4.79. The Kier molecular flexibility index (Phi) is 5.17. The topological polar surface area (TPSA) is 68.2 Å². The maximum absolute atomic E-state index is 10.2. The van der Waals surface area contributed by atoms with Gasteiger partial charge in [0, 0.05) is 6.54 Å². The van der Waals surface area contributed by atoms with Gasteiger partial charge in [0.15, 0.2) is 3.95 Å². The van der Waals surface area contributed by atoms with Crippen molar-refractivity contribution in [3.05, 3.63) is 51.3 Å². The minimum absolute atomic E-state index is 0.193. The molecule has 124 valence electrons. The molecule has 0 saturated heterocycles. The Morgan fingerprint density at radius 2 is 2.12 bits per heavy atom. The second kappa shape index (κ2) is 7.50. The summed E-state index contributed by atoms with van der Waals surface area (Å²) in [5.41, 5.74) is 1.94. The molecule has 3 rings (SSSR count). The van der Waals surface area contributed by atoms with E-state index in [9.17, 15) is 5.11 Å². The van der Waals surface area contributed by atoms with E-state index in [4.69, 9.17) is 12.2 Å². The second-order valence-corrected chi connectivity index (χ2v) is 6.90. The molecule has 0 radical (unpaired) electrons. The highest BCUT2D eigenvalue weighted by Crippen LogP contribution is 2.25. The molecule has 8 heteroatoms. The molecule has 2 aromatic heterocycles. The lowest BCUT2D eigenvalue weighted by molar-refractivity contribution is 0.413. The Labute approximate surface area is 148 Å². The van der Waals surface area contributed by atoms with E-state index < -0.39 is 0 Å². The Balaban J connectivity index is 1.73. The van der Waals surface area contributed by atoms with Crippen LogP contribution in [0.3, 0.4) is 0 Å². The standard InChI is InChI=1S/C16H17N5OS2/c1-2-7-21-15(22)14(24-16(21)23)8-18-13-5-3-12(4-6-13)9-20-11-17-10-19-20/h3-6,8,10-11,22H,2,7,9H2,1H3. The van der Waals surface area contributed by atoms with Gasteiger partial charge in [-0.15, -0.1) is 0 Å². The third-order valence-electron chi connectivity index (χ3n) is 3.42. The Morgan fingerprint density at radius 1 is 1.33 bits per heavy atom. The van der Waals surface area contributed by atoms with Crippen molar-refractivity contribution in [2.45, 2.75) is 26.4 Å². The van der Waals surface area contributed by atoms with Gasteiger partial charge in [0.2, 0.25) is 5.88 Å². The van der Waals surface area contributed by atoms with Crippen molar-refractivity contribution in [1.29, 1.82) is 0 Å². The van der Waals surface area contributed by atoms with E-state index in [1.807, 2.05) is 31.2 Å². The lowest BCUT2D eigenvalue weighted by Gasteiger charge is -2.02. The third kappa shape index (κ3) is 3.77. The smallest absolute Gasteiger partial charge is 0.212 e. The summed E-state index contributed by atoms with van der Waals surface area (Å²) in [5, 5.41) is 14.3. The highest BCUT2D eigenvalue weighted by Gasteiger charge is 2.09. The summed E-state index contributed by atoms with van der Waals surface area (Å²) >= 11 is 6.64. The van der Waals surface area contributed by atoms with Crippen molar-refractivity contribution < 1.29 is 5.11 Å². The molecule has 0 aliphatic rings. The van der Waals surface area contributed by atoms with Gasteiger partial charge in [-0.05, 0) is 36.3 Å². The number of aromatic hydroxyl groups is 1. The van der Waals surface area contributed by atoms with Gasteiger partial charge in [-0.1, -0.05) is 30.4 Å². The molecule has 0 fully saturated rings. The zero-order valence-electron chi connectivity index (χ0n) is 13.2. The average molecular weight is 359 g/mol. The van der Waals surface area contributed by atoms with Gasteiger partial charge in [0.25, 0.3) is 0 Å². The molecule has 0 spiro atoms. The first-order chi connectivity index (χ1) is 11.7. The average Bonchev–Trinajstić information content (AvgIpc) is 3.18. The summed E-state index contributed by atoms with van der Waals surface area (Å²) in [6, 6.07) is 7.86. The van der Waals surface area contributed by atoms with Crippen LogP contribution in [0.5, 0.6) is 5.88 Å². The summed E-state index contributed by atoms with van der Waals surface area (Å²) in [6.07, 6.45) is 5.78.